The summed E-state index contributed by atoms with van der Waals surface area (Å²) in [5.41, 5.74) is -0.336. The molecule has 2 unspecified atom stereocenters. The summed E-state index contributed by atoms with van der Waals surface area (Å²) in [4.78, 5) is 35.5. The number of benzene rings is 1. The van der Waals surface area contributed by atoms with E-state index in [0.29, 0.717) is 11.5 Å². The molecule has 0 aliphatic carbocycles. The van der Waals surface area contributed by atoms with Gasteiger partial charge in [-0.15, -0.1) is 0 Å². The van der Waals surface area contributed by atoms with E-state index in [4.69, 9.17) is 4.74 Å². The van der Waals surface area contributed by atoms with Crippen molar-refractivity contribution in [2.24, 2.45) is 0 Å². The maximum absolute atomic E-state index is 12.9. The molecule has 1 aliphatic rings. The fourth-order valence-corrected chi connectivity index (χ4v) is 3.37. The number of hydroxylamine groups is 2. The Morgan fingerprint density at radius 2 is 2.03 bits per heavy atom. The van der Waals surface area contributed by atoms with E-state index in [1.54, 1.807) is 6.92 Å². The predicted octanol–water partition coefficient (Wildman–Crippen LogP) is 3.53. The molecule has 0 saturated carbocycles. The summed E-state index contributed by atoms with van der Waals surface area (Å²) >= 11 is 0. The van der Waals surface area contributed by atoms with Crippen LogP contribution in [-0.2, 0) is 14.3 Å². The summed E-state index contributed by atoms with van der Waals surface area (Å²) < 4.78 is 5.45. The second-order valence-corrected chi connectivity index (χ2v) is 6.89. The number of hydrogen-bond donors (Lipinski definition) is 2. The van der Waals surface area contributed by atoms with Crippen molar-refractivity contribution in [1.29, 1.82) is 0 Å². The van der Waals surface area contributed by atoms with Crippen LogP contribution in [0.25, 0.3) is 5.57 Å². The van der Waals surface area contributed by atoms with Crippen molar-refractivity contribution in [2.45, 2.75) is 52.7 Å². The number of allylic oxidation sites excluding steroid dienone is 1. The number of aliphatic carboxylic acids is 1. The molecule has 2 N–H and O–H groups in total. The lowest BCUT2D eigenvalue weighted by molar-refractivity contribution is -0.384. The normalized spacial score (nSPS) is 18.0. The monoisotopic (exact) mass is 404 g/mol. The molecule has 0 fully saturated rings. The average molecular weight is 404 g/mol. The minimum absolute atomic E-state index is 0.00481. The van der Waals surface area contributed by atoms with Gasteiger partial charge >= 0.3 is 11.9 Å². The number of esters is 1. The molecule has 2 atom stereocenters. The van der Waals surface area contributed by atoms with E-state index in [-0.39, 0.29) is 33.7 Å². The first-order valence-electron chi connectivity index (χ1n) is 9.22. The van der Waals surface area contributed by atoms with E-state index < -0.39 is 29.0 Å². The van der Waals surface area contributed by atoms with Crippen molar-refractivity contribution in [2.75, 3.05) is 0 Å². The minimum Gasteiger partial charge on any atom is -0.478 e. The summed E-state index contributed by atoms with van der Waals surface area (Å²) in [5.74, 6) is -2.15. The number of ether oxygens (including phenoxy) is 1. The summed E-state index contributed by atoms with van der Waals surface area (Å²) in [5, 5.41) is 32.1. The largest absolute Gasteiger partial charge is 0.478 e. The molecule has 9 nitrogen and oxygen atoms in total. The fraction of sp³-hybridized carbons (Fsp3) is 0.400. The Balaban J connectivity index is 2.73. The van der Waals surface area contributed by atoms with E-state index in [0.717, 1.165) is 6.42 Å². The van der Waals surface area contributed by atoms with Crippen LogP contribution >= 0.6 is 0 Å². The van der Waals surface area contributed by atoms with E-state index in [2.05, 4.69) is 0 Å². The van der Waals surface area contributed by atoms with E-state index in [1.807, 2.05) is 6.92 Å². The van der Waals surface area contributed by atoms with E-state index in [9.17, 15) is 30.0 Å². The lowest BCUT2D eigenvalue weighted by atomic mass is 9.85. The van der Waals surface area contributed by atoms with Gasteiger partial charge in [-0.3, -0.25) is 20.4 Å². The Hall–Kier alpha value is -3.20. The maximum atomic E-state index is 12.9. The van der Waals surface area contributed by atoms with Crippen LogP contribution in [0.4, 0.5) is 5.69 Å². The van der Waals surface area contributed by atoms with Gasteiger partial charge in [0.2, 0.25) is 0 Å². The molecule has 0 spiro atoms. The van der Waals surface area contributed by atoms with Gasteiger partial charge in [0, 0.05) is 17.7 Å². The number of nitrogens with zero attached hydrogens (tertiary/aromatic N) is 2. The van der Waals surface area contributed by atoms with Gasteiger partial charge in [-0.1, -0.05) is 25.5 Å². The van der Waals surface area contributed by atoms with Crippen LogP contribution in [0.15, 0.2) is 41.1 Å². The van der Waals surface area contributed by atoms with Gasteiger partial charge in [0.05, 0.1) is 33.9 Å². The van der Waals surface area contributed by atoms with Crippen molar-refractivity contribution in [1.82, 2.24) is 5.06 Å². The number of non-ortho nitro benzene ring substituents is 1. The number of carboxylic acids is 1. The molecule has 1 aromatic rings. The minimum atomic E-state index is -1.35. The van der Waals surface area contributed by atoms with Crippen LogP contribution in [0.5, 0.6) is 0 Å². The topological polar surface area (TPSA) is 130 Å². The smallest absolute Gasteiger partial charge is 0.340 e. The number of rotatable bonds is 7. The van der Waals surface area contributed by atoms with Gasteiger partial charge < -0.3 is 9.84 Å². The molecule has 0 radical (unpaired) electrons. The van der Waals surface area contributed by atoms with Crippen LogP contribution in [0.1, 0.15) is 46.1 Å². The first-order valence-corrected chi connectivity index (χ1v) is 9.22. The number of carbonyl (C=O) groups excluding carboxylic acids is 1. The molecular formula is C20H24N2O7. The zero-order valence-corrected chi connectivity index (χ0v) is 16.7. The maximum Gasteiger partial charge on any atom is 0.340 e. The highest BCUT2D eigenvalue weighted by Gasteiger charge is 2.38. The highest BCUT2D eigenvalue weighted by molar-refractivity contribution is 6.14. The zero-order valence-electron chi connectivity index (χ0n) is 16.7. The fourth-order valence-electron chi connectivity index (χ4n) is 3.37. The molecule has 0 saturated heterocycles. The zero-order chi connectivity index (χ0) is 21.9. The molecule has 156 valence electrons. The van der Waals surface area contributed by atoms with E-state index >= 15 is 0 Å². The molecule has 1 heterocycles. The Morgan fingerprint density at radius 1 is 1.38 bits per heavy atom. The van der Waals surface area contributed by atoms with Crippen LogP contribution < -0.4 is 0 Å². The van der Waals surface area contributed by atoms with Crippen molar-refractivity contribution < 1.29 is 29.6 Å². The number of nitro benzene ring substituents is 1. The van der Waals surface area contributed by atoms with Gasteiger partial charge in [-0.05, 0) is 32.8 Å². The van der Waals surface area contributed by atoms with Gasteiger partial charge in [0.15, 0.2) is 0 Å². The molecule has 1 aromatic carbocycles. The Labute approximate surface area is 168 Å². The van der Waals surface area contributed by atoms with E-state index in [1.165, 1.54) is 38.1 Å². The SMILES string of the molecule is CCCC(C)OC(=O)C1=C(C)N(O)C(C)C(C(=O)O)=C1c1cccc([N+](=O)[O-])c1. The third-order valence-corrected chi connectivity index (χ3v) is 4.79. The second kappa shape index (κ2) is 8.87. The molecule has 0 aromatic heterocycles. The molecule has 1 aliphatic heterocycles. The van der Waals surface area contributed by atoms with Crippen molar-refractivity contribution >= 4 is 23.2 Å². The second-order valence-electron chi connectivity index (χ2n) is 6.89. The van der Waals surface area contributed by atoms with Crippen molar-refractivity contribution in [3.05, 3.63) is 56.8 Å². The quantitative estimate of drug-likeness (QED) is 0.401. The van der Waals surface area contributed by atoms with Gasteiger partial charge in [0.25, 0.3) is 5.69 Å². The predicted molar refractivity (Wildman–Crippen MR) is 104 cm³/mol. The highest BCUT2D eigenvalue weighted by Crippen LogP contribution is 2.39. The number of carboxylic acid groups (broad SMARTS) is 1. The Kier molecular flexibility index (Phi) is 6.76. The first kappa shape index (κ1) is 22.1. The Morgan fingerprint density at radius 3 is 2.59 bits per heavy atom. The van der Waals surface area contributed by atoms with Crippen molar-refractivity contribution in [3.63, 3.8) is 0 Å². The van der Waals surface area contributed by atoms with Crippen LogP contribution in [0.2, 0.25) is 0 Å². The van der Waals surface area contributed by atoms with Gasteiger partial charge in [-0.2, -0.15) is 0 Å². The third kappa shape index (κ3) is 4.45. The third-order valence-electron chi connectivity index (χ3n) is 4.79. The Bertz CT molecular complexity index is 904. The average Bonchev–Trinajstić information content (AvgIpc) is 2.65. The summed E-state index contributed by atoms with van der Waals surface area (Å²) in [7, 11) is 0. The molecule has 9 heteroatoms. The molecular weight excluding hydrogens is 380 g/mol. The summed E-state index contributed by atoms with van der Waals surface area (Å²) in [6.45, 7) is 6.58. The number of hydrogen-bond acceptors (Lipinski definition) is 7. The lowest BCUT2D eigenvalue weighted by Crippen LogP contribution is -2.39. The number of nitro groups is 1. The van der Waals surface area contributed by atoms with Crippen LogP contribution in [0.3, 0.4) is 0 Å². The molecule has 29 heavy (non-hydrogen) atoms. The molecule has 2 rings (SSSR count). The standard InChI is InChI=1S/C20H24N2O7/c1-5-7-11(2)29-20(25)17-13(4)21(26)12(3)16(19(23)24)18(17)14-8-6-9-15(10-14)22(27)28/h6,8-12,26H,5,7H2,1-4H3,(H,23,24). The highest BCUT2D eigenvalue weighted by atomic mass is 16.6. The van der Waals surface area contributed by atoms with Crippen LogP contribution in [-0.4, -0.2) is 44.4 Å². The van der Waals surface area contributed by atoms with Gasteiger partial charge in [0.1, 0.15) is 0 Å². The first-order chi connectivity index (χ1) is 13.6. The summed E-state index contributed by atoms with van der Waals surface area (Å²) in [6.07, 6.45) is 0.974. The molecule has 0 amide bonds. The molecule has 0 bridgehead atoms. The van der Waals surface area contributed by atoms with Crippen molar-refractivity contribution in [3.8, 4) is 0 Å². The number of carbonyl (C=O) groups is 2. The van der Waals surface area contributed by atoms with Crippen LogP contribution in [0, 0.1) is 10.1 Å². The van der Waals surface area contributed by atoms with Gasteiger partial charge in [-0.25, -0.2) is 9.59 Å². The lowest BCUT2D eigenvalue weighted by Gasteiger charge is -2.34. The summed E-state index contributed by atoms with van der Waals surface area (Å²) in [6, 6.07) is 4.39.